The van der Waals surface area contributed by atoms with Crippen LogP contribution < -0.4 is 0 Å². The molecule has 31 heavy (non-hydrogen) atoms. The van der Waals surface area contributed by atoms with Crippen LogP contribution in [-0.4, -0.2) is 48.3 Å². The van der Waals surface area contributed by atoms with E-state index in [2.05, 4.69) is 24.8 Å². The van der Waals surface area contributed by atoms with E-state index in [1.807, 2.05) is 12.1 Å². The first-order chi connectivity index (χ1) is 14.9. The zero-order valence-electron chi connectivity index (χ0n) is 18.5. The number of carbonyl (C=O) groups excluding carboxylic acids is 1. The topological polar surface area (TPSA) is 42.1 Å². The maximum atomic E-state index is 13.2. The zero-order valence-corrected chi connectivity index (χ0v) is 18.5. The van der Waals surface area contributed by atoms with Crippen LogP contribution in [0, 0.1) is 29.0 Å². The third-order valence-electron chi connectivity index (χ3n) is 9.16. The molecule has 0 amide bonds. The van der Waals surface area contributed by atoms with Gasteiger partial charge in [-0.1, -0.05) is 38.5 Å². The summed E-state index contributed by atoms with van der Waals surface area (Å²) in [6.45, 7) is 7.19. The molecule has 5 heteroatoms. The van der Waals surface area contributed by atoms with E-state index in [0.717, 1.165) is 38.0 Å². The first-order valence-electron chi connectivity index (χ1n) is 12.0. The Hall–Kier alpha value is -1.72. The molecule has 1 aromatic rings. The van der Waals surface area contributed by atoms with Gasteiger partial charge in [0.05, 0.1) is 12.0 Å². The molecule has 3 aliphatic heterocycles. The summed E-state index contributed by atoms with van der Waals surface area (Å²) < 4.78 is 25.7. The van der Waals surface area contributed by atoms with Gasteiger partial charge >= 0.3 is 5.97 Å². The number of benzene rings is 1. The van der Waals surface area contributed by atoms with E-state index < -0.39 is 0 Å². The number of ether oxygens (including phenoxy) is 2. The normalized spacial score (nSPS) is 44.0. The maximum Gasteiger partial charge on any atom is 0.311 e. The van der Waals surface area contributed by atoms with Crippen molar-refractivity contribution in [3.8, 4) is 0 Å². The fraction of sp³-hybridized carbons (Fsp3) is 0.654. The molecule has 2 saturated carbocycles. The number of fused-ring (bicyclic) bond motifs is 2. The SMILES string of the molecule is C[C@H]1CCC[C@]2(C)C[C@H]3OC(=O)[C@@H](CN4CC=C(c5ccc(F)cc5)CC4)[C@H]3[C@@H]3O[C@@]132. The van der Waals surface area contributed by atoms with Crippen molar-refractivity contribution in [2.75, 3.05) is 19.6 Å². The highest BCUT2D eigenvalue weighted by molar-refractivity contribution is 5.76. The Labute approximate surface area is 183 Å². The van der Waals surface area contributed by atoms with Crippen molar-refractivity contribution >= 4 is 11.5 Å². The summed E-state index contributed by atoms with van der Waals surface area (Å²) in [5.41, 5.74) is 2.46. The summed E-state index contributed by atoms with van der Waals surface area (Å²) in [6, 6.07) is 6.74. The summed E-state index contributed by atoms with van der Waals surface area (Å²) in [5.74, 6) is 0.443. The lowest BCUT2D eigenvalue weighted by molar-refractivity contribution is -0.146. The Kier molecular flexibility index (Phi) is 4.43. The lowest BCUT2D eigenvalue weighted by Gasteiger charge is -2.49. The number of carbonyl (C=O) groups is 1. The van der Waals surface area contributed by atoms with Gasteiger partial charge in [0.1, 0.15) is 17.5 Å². The van der Waals surface area contributed by atoms with Gasteiger partial charge in [-0.25, -0.2) is 4.39 Å². The third kappa shape index (κ3) is 2.88. The molecule has 1 aromatic carbocycles. The van der Waals surface area contributed by atoms with Gasteiger partial charge < -0.3 is 9.47 Å². The van der Waals surface area contributed by atoms with Crippen molar-refractivity contribution in [3.63, 3.8) is 0 Å². The van der Waals surface area contributed by atoms with Crippen LogP contribution in [0.25, 0.3) is 5.57 Å². The molecule has 4 fully saturated rings. The second-order valence-corrected chi connectivity index (χ2v) is 10.8. The van der Waals surface area contributed by atoms with Crippen LogP contribution in [0.5, 0.6) is 0 Å². The van der Waals surface area contributed by atoms with Gasteiger partial charge in [-0.3, -0.25) is 9.69 Å². The van der Waals surface area contributed by atoms with E-state index in [-0.39, 0.29) is 46.8 Å². The van der Waals surface area contributed by atoms with E-state index in [1.165, 1.54) is 37.0 Å². The van der Waals surface area contributed by atoms with Gasteiger partial charge in [0.25, 0.3) is 0 Å². The van der Waals surface area contributed by atoms with Gasteiger partial charge in [-0.05, 0) is 54.9 Å². The predicted octanol–water partition coefficient (Wildman–Crippen LogP) is 4.44. The molecule has 5 aliphatic rings. The largest absolute Gasteiger partial charge is 0.462 e. The quantitative estimate of drug-likeness (QED) is 0.530. The molecule has 0 N–H and O–H groups in total. The highest BCUT2D eigenvalue weighted by atomic mass is 19.1. The van der Waals surface area contributed by atoms with Crippen LogP contribution in [0.2, 0.25) is 0 Å². The van der Waals surface area contributed by atoms with Crippen molar-refractivity contribution in [1.29, 1.82) is 0 Å². The molecule has 0 bridgehead atoms. The summed E-state index contributed by atoms with van der Waals surface area (Å²) in [5, 5.41) is 0. The second-order valence-electron chi connectivity index (χ2n) is 10.8. The molecule has 6 rings (SSSR count). The number of hydrogen-bond donors (Lipinski definition) is 0. The number of rotatable bonds is 3. The molecule has 0 radical (unpaired) electrons. The van der Waals surface area contributed by atoms with Crippen molar-refractivity contribution in [2.45, 2.75) is 63.8 Å². The van der Waals surface area contributed by atoms with Gasteiger partial charge in [-0.15, -0.1) is 0 Å². The average molecular weight is 426 g/mol. The lowest BCUT2D eigenvalue weighted by atomic mass is 9.53. The molecular weight excluding hydrogens is 393 g/mol. The minimum Gasteiger partial charge on any atom is -0.462 e. The Morgan fingerprint density at radius 3 is 2.81 bits per heavy atom. The molecule has 0 unspecified atom stereocenters. The predicted molar refractivity (Wildman–Crippen MR) is 116 cm³/mol. The fourth-order valence-corrected chi connectivity index (χ4v) is 7.52. The van der Waals surface area contributed by atoms with Crippen LogP contribution >= 0.6 is 0 Å². The molecule has 2 saturated heterocycles. The third-order valence-corrected chi connectivity index (χ3v) is 9.16. The van der Waals surface area contributed by atoms with Crippen molar-refractivity contribution in [2.24, 2.45) is 23.2 Å². The molecule has 2 aliphatic carbocycles. The second kappa shape index (κ2) is 6.89. The number of halogens is 1. The Morgan fingerprint density at radius 2 is 2.06 bits per heavy atom. The summed E-state index contributed by atoms with van der Waals surface area (Å²) in [6.07, 6.45) is 7.96. The lowest BCUT2D eigenvalue weighted by Crippen LogP contribution is -2.54. The highest BCUT2D eigenvalue weighted by Gasteiger charge is 2.78. The maximum absolute atomic E-state index is 13.2. The molecule has 1 spiro atoms. The summed E-state index contributed by atoms with van der Waals surface area (Å²) >= 11 is 0. The van der Waals surface area contributed by atoms with E-state index in [9.17, 15) is 9.18 Å². The molecule has 4 nitrogen and oxygen atoms in total. The first kappa shape index (κ1) is 19.9. The number of hydrogen-bond acceptors (Lipinski definition) is 4. The van der Waals surface area contributed by atoms with E-state index >= 15 is 0 Å². The number of nitrogens with zero attached hydrogens (tertiary/aromatic N) is 1. The van der Waals surface area contributed by atoms with Crippen LogP contribution in [0.1, 0.15) is 51.5 Å². The zero-order chi connectivity index (χ0) is 21.4. The molecule has 0 aromatic heterocycles. The van der Waals surface area contributed by atoms with E-state index in [0.29, 0.717) is 5.92 Å². The summed E-state index contributed by atoms with van der Waals surface area (Å²) in [7, 11) is 0. The van der Waals surface area contributed by atoms with Crippen LogP contribution in [0.3, 0.4) is 0 Å². The smallest absolute Gasteiger partial charge is 0.311 e. The number of epoxide rings is 1. The van der Waals surface area contributed by atoms with Crippen LogP contribution in [-0.2, 0) is 14.3 Å². The van der Waals surface area contributed by atoms with E-state index in [1.54, 1.807) is 0 Å². The van der Waals surface area contributed by atoms with Crippen LogP contribution in [0.4, 0.5) is 4.39 Å². The molecule has 7 atom stereocenters. The fourth-order valence-electron chi connectivity index (χ4n) is 7.52. The van der Waals surface area contributed by atoms with Crippen LogP contribution in [0.15, 0.2) is 30.3 Å². The summed E-state index contributed by atoms with van der Waals surface area (Å²) in [4.78, 5) is 15.3. The minimum absolute atomic E-state index is 0.0172. The van der Waals surface area contributed by atoms with Crippen molar-refractivity contribution < 1.29 is 18.7 Å². The molecule has 3 heterocycles. The van der Waals surface area contributed by atoms with Gasteiger partial charge in [0, 0.05) is 31.0 Å². The number of esters is 1. The van der Waals surface area contributed by atoms with E-state index in [4.69, 9.17) is 9.47 Å². The van der Waals surface area contributed by atoms with Crippen molar-refractivity contribution in [3.05, 3.63) is 41.7 Å². The minimum atomic E-state index is -0.202. The Bertz CT molecular complexity index is 929. The average Bonchev–Trinajstić information content (AvgIpc) is 3.44. The Morgan fingerprint density at radius 1 is 1.26 bits per heavy atom. The monoisotopic (exact) mass is 425 g/mol. The molecular formula is C26H32FNO3. The first-order valence-corrected chi connectivity index (χ1v) is 12.0. The molecule has 166 valence electrons. The van der Waals surface area contributed by atoms with Gasteiger partial charge in [0.15, 0.2) is 0 Å². The highest BCUT2D eigenvalue weighted by Crippen LogP contribution is 2.70. The van der Waals surface area contributed by atoms with Gasteiger partial charge in [0.2, 0.25) is 0 Å². The standard InChI is InChI=1S/C26H32FNO3/c1-16-4-3-11-25(2)14-21-22(23-26(16,25)31-23)20(24(29)30-21)15-28-12-9-18(10-13-28)17-5-7-19(27)8-6-17/h5-9,16,20-23H,3-4,10-15H2,1-2H3/t16-,20-,21+,22+,23-,25+,26-/m0/s1. The Balaban J connectivity index is 1.17. The van der Waals surface area contributed by atoms with Gasteiger partial charge in [-0.2, -0.15) is 0 Å². The van der Waals surface area contributed by atoms with Crippen molar-refractivity contribution in [1.82, 2.24) is 4.90 Å².